The Morgan fingerprint density at radius 3 is 2.25 bits per heavy atom. The predicted octanol–water partition coefficient (Wildman–Crippen LogP) is 3.91. The minimum absolute atomic E-state index is 0.189. The maximum atomic E-state index is 12.5. The van der Waals surface area contributed by atoms with Crippen molar-refractivity contribution in [1.29, 1.82) is 0 Å². The number of alkyl halides is 2. The summed E-state index contributed by atoms with van der Waals surface area (Å²) in [5.74, 6) is 0.197. The predicted molar refractivity (Wildman–Crippen MR) is 75.2 cm³/mol. The van der Waals surface area contributed by atoms with E-state index in [0.717, 1.165) is 11.1 Å². The van der Waals surface area contributed by atoms with Gasteiger partial charge in [-0.3, -0.25) is 0 Å². The van der Waals surface area contributed by atoms with Crippen LogP contribution < -0.4 is 10.1 Å². The molecule has 1 atom stereocenters. The molecule has 0 heterocycles. The van der Waals surface area contributed by atoms with E-state index < -0.39 is 6.61 Å². The first-order valence-electron chi connectivity index (χ1n) is 6.39. The van der Waals surface area contributed by atoms with Gasteiger partial charge in [0.1, 0.15) is 5.75 Å². The Kier molecular flexibility index (Phi) is 4.69. The van der Waals surface area contributed by atoms with Crippen molar-refractivity contribution in [3.8, 4) is 5.75 Å². The first-order chi connectivity index (χ1) is 9.61. The molecule has 1 unspecified atom stereocenters. The molecule has 2 rings (SSSR count). The highest BCUT2D eigenvalue weighted by molar-refractivity contribution is 5.42. The van der Waals surface area contributed by atoms with Crippen LogP contribution in [0.2, 0.25) is 0 Å². The third-order valence-corrected chi connectivity index (χ3v) is 3.15. The Balaban J connectivity index is 2.38. The fraction of sp³-hybridized carbons (Fsp3) is 0.250. The molecule has 0 spiro atoms. The summed E-state index contributed by atoms with van der Waals surface area (Å²) >= 11 is 0. The molecule has 2 aromatic rings. The summed E-state index contributed by atoms with van der Waals surface area (Å²) in [5, 5.41) is 3.14. The van der Waals surface area contributed by atoms with Crippen molar-refractivity contribution in [2.75, 3.05) is 7.05 Å². The lowest BCUT2D eigenvalue weighted by atomic mass is 9.97. The minimum Gasteiger partial charge on any atom is -0.434 e. The summed E-state index contributed by atoms with van der Waals surface area (Å²) in [4.78, 5) is 0. The molecule has 2 nitrogen and oxygen atoms in total. The molecule has 0 amide bonds. The van der Waals surface area contributed by atoms with Crippen LogP contribution in [0.5, 0.6) is 5.75 Å². The molecular formula is C16H17F2NO. The Hall–Kier alpha value is -1.94. The summed E-state index contributed by atoms with van der Waals surface area (Å²) in [6.07, 6.45) is 0. The zero-order chi connectivity index (χ0) is 14.5. The van der Waals surface area contributed by atoms with E-state index in [1.807, 2.05) is 37.3 Å². The number of nitrogens with one attached hydrogen (secondary N) is 1. The zero-order valence-electron chi connectivity index (χ0n) is 11.4. The summed E-state index contributed by atoms with van der Waals surface area (Å²) < 4.78 is 29.6. The smallest absolute Gasteiger partial charge is 0.387 e. The van der Waals surface area contributed by atoms with Crippen molar-refractivity contribution in [3.05, 3.63) is 65.2 Å². The molecular weight excluding hydrogens is 260 g/mol. The number of benzene rings is 2. The minimum atomic E-state index is -2.83. The van der Waals surface area contributed by atoms with Gasteiger partial charge in [0.15, 0.2) is 0 Å². The second kappa shape index (κ2) is 6.48. The first-order valence-corrected chi connectivity index (χ1v) is 6.39. The van der Waals surface area contributed by atoms with Crippen LogP contribution in [0.3, 0.4) is 0 Å². The lowest BCUT2D eigenvalue weighted by Crippen LogP contribution is -2.19. The van der Waals surface area contributed by atoms with Crippen molar-refractivity contribution in [2.45, 2.75) is 19.6 Å². The van der Waals surface area contributed by atoms with E-state index in [1.54, 1.807) is 25.2 Å². The van der Waals surface area contributed by atoms with Gasteiger partial charge in [-0.1, -0.05) is 48.0 Å². The fourth-order valence-electron chi connectivity index (χ4n) is 2.18. The molecule has 4 heteroatoms. The third-order valence-electron chi connectivity index (χ3n) is 3.15. The number of ether oxygens (including phenoxy) is 1. The van der Waals surface area contributed by atoms with E-state index in [4.69, 9.17) is 0 Å². The second-order valence-electron chi connectivity index (χ2n) is 4.55. The highest BCUT2D eigenvalue weighted by Crippen LogP contribution is 2.30. The van der Waals surface area contributed by atoms with E-state index in [2.05, 4.69) is 10.1 Å². The van der Waals surface area contributed by atoms with Crippen LogP contribution in [0, 0.1) is 6.92 Å². The average molecular weight is 277 g/mol. The third kappa shape index (κ3) is 3.33. The van der Waals surface area contributed by atoms with E-state index in [-0.39, 0.29) is 11.8 Å². The van der Waals surface area contributed by atoms with Crippen molar-refractivity contribution in [1.82, 2.24) is 5.32 Å². The standard InChI is InChI=1S/C16H17F2NO/c1-11-7-9-12(10-8-11)15(19-2)13-5-3-4-6-14(13)20-16(17)18/h3-10,15-16,19H,1-2H3. The van der Waals surface area contributed by atoms with Crippen LogP contribution in [-0.2, 0) is 0 Å². The van der Waals surface area contributed by atoms with Crippen molar-refractivity contribution in [2.24, 2.45) is 0 Å². The van der Waals surface area contributed by atoms with E-state index >= 15 is 0 Å². The Labute approximate surface area is 117 Å². The molecule has 2 aromatic carbocycles. The Morgan fingerprint density at radius 2 is 1.65 bits per heavy atom. The maximum absolute atomic E-state index is 12.5. The monoisotopic (exact) mass is 277 g/mol. The highest BCUT2D eigenvalue weighted by atomic mass is 19.3. The molecule has 0 aliphatic carbocycles. The van der Waals surface area contributed by atoms with Crippen molar-refractivity contribution in [3.63, 3.8) is 0 Å². The molecule has 0 bridgehead atoms. The molecule has 0 aliphatic rings. The molecule has 0 aliphatic heterocycles. The van der Waals surface area contributed by atoms with Gasteiger partial charge in [-0.05, 0) is 25.6 Å². The van der Waals surface area contributed by atoms with Gasteiger partial charge in [0.25, 0.3) is 0 Å². The van der Waals surface area contributed by atoms with Crippen LogP contribution in [0.1, 0.15) is 22.7 Å². The van der Waals surface area contributed by atoms with Crippen LogP contribution >= 0.6 is 0 Å². The van der Waals surface area contributed by atoms with Gasteiger partial charge >= 0.3 is 6.61 Å². The summed E-state index contributed by atoms with van der Waals surface area (Å²) in [6, 6.07) is 14.6. The van der Waals surface area contributed by atoms with Gasteiger partial charge in [0.05, 0.1) is 6.04 Å². The number of halogens is 2. The lowest BCUT2D eigenvalue weighted by Gasteiger charge is -2.20. The first kappa shape index (κ1) is 14.5. The fourth-order valence-corrected chi connectivity index (χ4v) is 2.18. The molecule has 0 radical (unpaired) electrons. The van der Waals surface area contributed by atoms with Crippen LogP contribution in [0.25, 0.3) is 0 Å². The molecule has 0 aromatic heterocycles. The van der Waals surface area contributed by atoms with Gasteiger partial charge < -0.3 is 10.1 Å². The largest absolute Gasteiger partial charge is 0.434 e. The molecule has 20 heavy (non-hydrogen) atoms. The van der Waals surface area contributed by atoms with E-state index in [0.29, 0.717) is 5.56 Å². The number of hydrogen-bond acceptors (Lipinski definition) is 2. The van der Waals surface area contributed by atoms with Gasteiger partial charge in [0, 0.05) is 5.56 Å². The quantitative estimate of drug-likeness (QED) is 0.894. The number of aryl methyl sites for hydroxylation is 1. The SMILES string of the molecule is CNC(c1ccc(C)cc1)c1ccccc1OC(F)F. The van der Waals surface area contributed by atoms with Crippen molar-refractivity contribution < 1.29 is 13.5 Å². The second-order valence-corrected chi connectivity index (χ2v) is 4.55. The van der Waals surface area contributed by atoms with Crippen molar-refractivity contribution >= 4 is 0 Å². The lowest BCUT2D eigenvalue weighted by molar-refractivity contribution is -0.0506. The Morgan fingerprint density at radius 1 is 1.00 bits per heavy atom. The topological polar surface area (TPSA) is 21.3 Å². The molecule has 0 saturated carbocycles. The average Bonchev–Trinajstić information content (AvgIpc) is 2.43. The number of hydrogen-bond donors (Lipinski definition) is 1. The van der Waals surface area contributed by atoms with Crippen LogP contribution in [-0.4, -0.2) is 13.7 Å². The van der Waals surface area contributed by atoms with Crippen LogP contribution in [0.15, 0.2) is 48.5 Å². The molecule has 0 fully saturated rings. The normalized spacial score (nSPS) is 12.4. The maximum Gasteiger partial charge on any atom is 0.387 e. The van der Waals surface area contributed by atoms with Gasteiger partial charge in [0.2, 0.25) is 0 Å². The van der Waals surface area contributed by atoms with Crippen LogP contribution in [0.4, 0.5) is 8.78 Å². The Bertz CT molecular complexity index is 555. The summed E-state index contributed by atoms with van der Waals surface area (Å²) in [7, 11) is 1.80. The molecule has 0 saturated heterocycles. The number of rotatable bonds is 5. The highest BCUT2D eigenvalue weighted by Gasteiger charge is 2.18. The molecule has 106 valence electrons. The zero-order valence-corrected chi connectivity index (χ0v) is 11.4. The van der Waals surface area contributed by atoms with Gasteiger partial charge in [-0.2, -0.15) is 8.78 Å². The summed E-state index contributed by atoms with van der Waals surface area (Å²) in [6.45, 7) is -0.821. The van der Waals surface area contributed by atoms with Gasteiger partial charge in [-0.25, -0.2) is 0 Å². The van der Waals surface area contributed by atoms with Gasteiger partial charge in [-0.15, -0.1) is 0 Å². The van der Waals surface area contributed by atoms with E-state index in [1.165, 1.54) is 0 Å². The number of para-hydroxylation sites is 1. The summed E-state index contributed by atoms with van der Waals surface area (Å²) in [5.41, 5.74) is 2.85. The molecule has 1 N–H and O–H groups in total. The van der Waals surface area contributed by atoms with E-state index in [9.17, 15) is 8.78 Å².